The number of halogens is 1. The maximum absolute atomic E-state index is 13.6. The first kappa shape index (κ1) is 17.8. The highest BCUT2D eigenvalue weighted by Crippen LogP contribution is 2.40. The fraction of sp³-hybridized carbons (Fsp3) is 0.0400. The van der Waals surface area contributed by atoms with Gasteiger partial charge in [-0.1, -0.05) is 70.5 Å². The fourth-order valence-corrected chi connectivity index (χ4v) is 4.33. The van der Waals surface area contributed by atoms with E-state index in [1.54, 1.807) is 24.3 Å². The summed E-state index contributed by atoms with van der Waals surface area (Å²) in [7, 11) is 1.95. The molecule has 1 heterocycles. The highest BCUT2D eigenvalue weighted by Gasteiger charge is 2.34. The van der Waals surface area contributed by atoms with E-state index in [2.05, 4.69) is 15.9 Å². The van der Waals surface area contributed by atoms with Crippen LogP contribution in [0.2, 0.25) is 0 Å². The van der Waals surface area contributed by atoms with E-state index in [9.17, 15) is 9.59 Å². The van der Waals surface area contributed by atoms with Crippen molar-refractivity contribution in [2.24, 2.45) is 7.05 Å². The SMILES string of the molecule is Cn1cc(C2=C(c3ccc(Br)cc3)C(=O)c3ccccc3C2=O)c2ccccc21. The third kappa shape index (κ3) is 2.71. The van der Waals surface area contributed by atoms with Crippen LogP contribution in [0.1, 0.15) is 31.8 Å². The number of aromatic nitrogens is 1. The van der Waals surface area contributed by atoms with Gasteiger partial charge < -0.3 is 4.57 Å². The number of carbonyl (C=O) groups excluding carboxylic acids is 2. The number of rotatable bonds is 2. The molecule has 0 N–H and O–H groups in total. The average molecular weight is 442 g/mol. The zero-order chi connectivity index (χ0) is 20.1. The first-order valence-electron chi connectivity index (χ1n) is 9.29. The Morgan fingerprint density at radius 2 is 1.28 bits per heavy atom. The van der Waals surface area contributed by atoms with Crippen molar-refractivity contribution in [1.82, 2.24) is 4.57 Å². The van der Waals surface area contributed by atoms with Crippen LogP contribution in [0.3, 0.4) is 0 Å². The predicted octanol–water partition coefficient (Wildman–Crippen LogP) is 5.93. The molecule has 0 saturated heterocycles. The molecule has 0 radical (unpaired) electrons. The first-order chi connectivity index (χ1) is 14.1. The summed E-state index contributed by atoms with van der Waals surface area (Å²) in [5, 5.41) is 0.958. The molecule has 0 saturated carbocycles. The van der Waals surface area contributed by atoms with E-state index in [0.717, 1.165) is 26.5 Å². The first-order valence-corrected chi connectivity index (χ1v) is 10.1. The highest BCUT2D eigenvalue weighted by molar-refractivity contribution is 9.10. The van der Waals surface area contributed by atoms with Crippen LogP contribution in [0.4, 0.5) is 0 Å². The van der Waals surface area contributed by atoms with E-state index in [1.807, 2.05) is 66.3 Å². The number of hydrogen-bond acceptors (Lipinski definition) is 2. The Hall–Kier alpha value is -3.24. The van der Waals surface area contributed by atoms with Crippen molar-refractivity contribution >= 4 is 49.5 Å². The topological polar surface area (TPSA) is 39.1 Å². The number of carbonyl (C=O) groups is 2. The number of nitrogens with zero attached hydrogens (tertiary/aromatic N) is 1. The van der Waals surface area contributed by atoms with E-state index in [4.69, 9.17) is 0 Å². The normalized spacial score (nSPS) is 13.9. The second-order valence-corrected chi connectivity index (χ2v) is 8.05. The lowest BCUT2D eigenvalue weighted by Gasteiger charge is -2.21. The Balaban J connectivity index is 1.89. The van der Waals surface area contributed by atoms with Crippen molar-refractivity contribution in [3.05, 3.63) is 106 Å². The third-order valence-corrected chi connectivity index (χ3v) is 5.95. The average Bonchev–Trinajstić information content (AvgIpc) is 3.08. The Kier molecular flexibility index (Phi) is 4.10. The van der Waals surface area contributed by atoms with Gasteiger partial charge in [-0.3, -0.25) is 9.59 Å². The number of fused-ring (bicyclic) bond motifs is 2. The maximum atomic E-state index is 13.6. The largest absolute Gasteiger partial charge is 0.350 e. The van der Waals surface area contributed by atoms with Gasteiger partial charge in [0.15, 0.2) is 11.6 Å². The van der Waals surface area contributed by atoms with Gasteiger partial charge in [0.1, 0.15) is 0 Å². The molecule has 0 unspecified atom stereocenters. The molecule has 4 aromatic rings. The number of Topliss-reactive ketones (excluding diaryl/α,β-unsaturated/α-hetero) is 2. The molecule has 0 amide bonds. The smallest absolute Gasteiger partial charge is 0.195 e. The zero-order valence-corrected chi connectivity index (χ0v) is 17.2. The molecular weight excluding hydrogens is 426 g/mol. The van der Waals surface area contributed by atoms with Gasteiger partial charge in [0, 0.05) is 56.5 Å². The number of hydrogen-bond donors (Lipinski definition) is 0. The van der Waals surface area contributed by atoms with Crippen LogP contribution in [0.15, 0.2) is 83.5 Å². The Morgan fingerprint density at radius 3 is 1.97 bits per heavy atom. The quantitative estimate of drug-likeness (QED) is 0.386. The van der Waals surface area contributed by atoms with Gasteiger partial charge in [-0.05, 0) is 23.8 Å². The van der Waals surface area contributed by atoms with E-state index in [-0.39, 0.29) is 11.6 Å². The summed E-state index contributed by atoms with van der Waals surface area (Å²) in [6.07, 6.45) is 1.94. The summed E-state index contributed by atoms with van der Waals surface area (Å²) in [6.45, 7) is 0. The van der Waals surface area contributed by atoms with Crippen LogP contribution >= 0.6 is 15.9 Å². The highest BCUT2D eigenvalue weighted by atomic mass is 79.9. The molecule has 0 atom stereocenters. The van der Waals surface area contributed by atoms with Gasteiger partial charge in [0.2, 0.25) is 0 Å². The monoisotopic (exact) mass is 441 g/mol. The molecule has 4 heteroatoms. The Bertz CT molecular complexity index is 1340. The standard InChI is InChI=1S/C25H16BrNO2/c1-27-14-20(17-6-4-5-9-21(17)27)23-22(15-10-12-16(26)13-11-15)24(28)18-7-2-3-8-19(18)25(23)29/h2-14H,1H3. The van der Waals surface area contributed by atoms with Gasteiger partial charge in [0.05, 0.1) is 0 Å². The molecule has 1 aromatic heterocycles. The lowest BCUT2D eigenvalue weighted by atomic mass is 9.78. The third-order valence-electron chi connectivity index (χ3n) is 5.42. The number of ketones is 2. The van der Waals surface area contributed by atoms with Crippen LogP contribution in [-0.4, -0.2) is 16.1 Å². The van der Waals surface area contributed by atoms with Crippen LogP contribution < -0.4 is 0 Å². The molecular formula is C25H16BrNO2. The minimum Gasteiger partial charge on any atom is -0.350 e. The van der Waals surface area contributed by atoms with E-state index < -0.39 is 0 Å². The van der Waals surface area contributed by atoms with E-state index in [0.29, 0.717) is 22.3 Å². The fourth-order valence-electron chi connectivity index (χ4n) is 4.07. The lowest BCUT2D eigenvalue weighted by Crippen LogP contribution is -2.20. The van der Waals surface area contributed by atoms with Crippen molar-refractivity contribution in [1.29, 1.82) is 0 Å². The lowest BCUT2D eigenvalue weighted by molar-refractivity contribution is 0.101. The number of para-hydroxylation sites is 1. The van der Waals surface area contributed by atoms with Crippen molar-refractivity contribution in [3.63, 3.8) is 0 Å². The molecule has 1 aliphatic carbocycles. The number of allylic oxidation sites excluding steroid dienone is 2. The van der Waals surface area contributed by atoms with Crippen LogP contribution in [-0.2, 0) is 7.05 Å². The van der Waals surface area contributed by atoms with Crippen molar-refractivity contribution in [2.45, 2.75) is 0 Å². The van der Waals surface area contributed by atoms with Crippen LogP contribution in [0, 0.1) is 0 Å². The number of benzene rings is 3. The minimum absolute atomic E-state index is 0.116. The summed E-state index contributed by atoms with van der Waals surface area (Å²) in [5.74, 6) is -0.236. The van der Waals surface area contributed by atoms with Gasteiger partial charge in [-0.15, -0.1) is 0 Å². The summed E-state index contributed by atoms with van der Waals surface area (Å²) in [6, 6.07) is 22.5. The van der Waals surface area contributed by atoms with E-state index >= 15 is 0 Å². The van der Waals surface area contributed by atoms with Crippen LogP contribution in [0.25, 0.3) is 22.0 Å². The van der Waals surface area contributed by atoms with Crippen molar-refractivity contribution < 1.29 is 9.59 Å². The summed E-state index contributed by atoms with van der Waals surface area (Å²) in [5.41, 5.74) is 4.38. The minimum atomic E-state index is -0.120. The molecule has 3 aromatic carbocycles. The second kappa shape index (κ2) is 6.68. The van der Waals surface area contributed by atoms with Crippen molar-refractivity contribution in [2.75, 3.05) is 0 Å². The number of aryl methyl sites for hydroxylation is 1. The molecule has 1 aliphatic rings. The molecule has 5 rings (SSSR count). The molecule has 3 nitrogen and oxygen atoms in total. The molecule has 29 heavy (non-hydrogen) atoms. The molecule has 140 valence electrons. The summed E-state index contributed by atoms with van der Waals surface area (Å²) < 4.78 is 2.92. The van der Waals surface area contributed by atoms with Crippen LogP contribution in [0.5, 0.6) is 0 Å². The predicted molar refractivity (Wildman–Crippen MR) is 119 cm³/mol. The van der Waals surface area contributed by atoms with Gasteiger partial charge in [-0.25, -0.2) is 0 Å². The molecule has 0 spiro atoms. The van der Waals surface area contributed by atoms with Gasteiger partial charge in [0.25, 0.3) is 0 Å². The molecule has 0 aliphatic heterocycles. The zero-order valence-electron chi connectivity index (χ0n) is 15.6. The maximum Gasteiger partial charge on any atom is 0.195 e. The van der Waals surface area contributed by atoms with Gasteiger partial charge >= 0.3 is 0 Å². The summed E-state index contributed by atoms with van der Waals surface area (Å²) in [4.78, 5) is 27.2. The Labute approximate surface area is 176 Å². The molecule has 0 bridgehead atoms. The second-order valence-electron chi connectivity index (χ2n) is 7.13. The molecule has 0 fully saturated rings. The Morgan fingerprint density at radius 1 is 0.690 bits per heavy atom. The van der Waals surface area contributed by atoms with E-state index in [1.165, 1.54) is 0 Å². The summed E-state index contributed by atoms with van der Waals surface area (Å²) >= 11 is 3.45. The van der Waals surface area contributed by atoms with Crippen molar-refractivity contribution in [3.8, 4) is 0 Å². The van der Waals surface area contributed by atoms with Gasteiger partial charge in [-0.2, -0.15) is 0 Å².